The Labute approximate surface area is 162 Å². The van der Waals surface area contributed by atoms with Gasteiger partial charge in [-0.1, -0.05) is 30.3 Å². The van der Waals surface area contributed by atoms with Crippen molar-refractivity contribution in [3.05, 3.63) is 70.3 Å². The van der Waals surface area contributed by atoms with Gasteiger partial charge in [-0.3, -0.25) is 9.59 Å². The normalized spacial score (nSPS) is 10.5. The van der Waals surface area contributed by atoms with Gasteiger partial charge in [-0.2, -0.15) is 5.10 Å². The molecule has 3 aromatic rings. The quantitative estimate of drug-likeness (QED) is 0.699. The average molecular weight is 378 g/mol. The van der Waals surface area contributed by atoms with Crippen LogP contribution in [0.2, 0.25) is 0 Å². The number of amides is 1. The van der Waals surface area contributed by atoms with Crippen LogP contribution in [0.25, 0.3) is 11.3 Å². The Hall–Kier alpha value is -3.55. The van der Waals surface area contributed by atoms with E-state index in [0.717, 1.165) is 5.56 Å². The van der Waals surface area contributed by atoms with Gasteiger partial charge in [-0.05, 0) is 13.0 Å². The summed E-state index contributed by atoms with van der Waals surface area (Å²) in [6, 6.07) is 12.8. The molecule has 0 spiro atoms. The van der Waals surface area contributed by atoms with Gasteiger partial charge in [0.05, 0.1) is 23.5 Å². The topological polar surface area (TPSA) is 93.0 Å². The molecule has 1 aromatic carbocycles. The fraction of sp³-hybridized carbons (Fsp3) is 0.250. The van der Waals surface area contributed by atoms with E-state index in [9.17, 15) is 9.59 Å². The highest BCUT2D eigenvalue weighted by Gasteiger charge is 2.12. The second kappa shape index (κ2) is 8.43. The average Bonchev–Trinajstić information content (AvgIpc) is 2.69. The lowest BCUT2D eigenvalue weighted by atomic mass is 10.1. The van der Waals surface area contributed by atoms with Crippen molar-refractivity contribution >= 4 is 11.9 Å². The van der Waals surface area contributed by atoms with Crippen LogP contribution >= 0.6 is 0 Å². The molecule has 0 fully saturated rings. The summed E-state index contributed by atoms with van der Waals surface area (Å²) < 4.78 is 1.35. The second-order valence-corrected chi connectivity index (χ2v) is 6.47. The van der Waals surface area contributed by atoms with E-state index in [2.05, 4.69) is 20.4 Å². The van der Waals surface area contributed by atoms with E-state index in [1.54, 1.807) is 17.9 Å². The molecule has 144 valence electrons. The van der Waals surface area contributed by atoms with Crippen LogP contribution in [0.3, 0.4) is 0 Å². The number of rotatable bonds is 6. The minimum absolute atomic E-state index is 0.219. The molecular weight excluding hydrogens is 356 g/mol. The van der Waals surface area contributed by atoms with E-state index in [1.165, 1.54) is 16.9 Å². The van der Waals surface area contributed by atoms with Crippen LogP contribution in [0.15, 0.2) is 53.5 Å². The Morgan fingerprint density at radius 3 is 2.57 bits per heavy atom. The van der Waals surface area contributed by atoms with Crippen LogP contribution in [0.5, 0.6) is 0 Å². The SMILES string of the molecule is Cc1nc(N(C)C)ncc1C(=O)NCCn1nc(-c2ccccc2)ccc1=O. The predicted octanol–water partition coefficient (Wildman–Crippen LogP) is 1.50. The molecule has 2 aromatic heterocycles. The third kappa shape index (κ3) is 4.40. The van der Waals surface area contributed by atoms with Crippen LogP contribution in [0, 0.1) is 6.92 Å². The molecule has 1 N–H and O–H groups in total. The Morgan fingerprint density at radius 2 is 1.89 bits per heavy atom. The van der Waals surface area contributed by atoms with E-state index in [1.807, 2.05) is 44.4 Å². The second-order valence-electron chi connectivity index (χ2n) is 6.47. The van der Waals surface area contributed by atoms with E-state index < -0.39 is 0 Å². The number of hydrogen-bond acceptors (Lipinski definition) is 6. The standard InChI is InChI=1S/C20H22N6O2/c1-14-16(13-22-20(23-14)25(2)3)19(28)21-11-12-26-18(27)10-9-17(24-26)15-7-5-4-6-8-15/h4-10,13H,11-12H2,1-3H3,(H,21,28). The summed E-state index contributed by atoms with van der Waals surface area (Å²) in [5.74, 6) is 0.262. The van der Waals surface area contributed by atoms with E-state index in [-0.39, 0.29) is 24.6 Å². The predicted molar refractivity (Wildman–Crippen MR) is 107 cm³/mol. The van der Waals surface area contributed by atoms with Crippen molar-refractivity contribution in [2.45, 2.75) is 13.5 Å². The maximum Gasteiger partial charge on any atom is 0.266 e. The molecule has 28 heavy (non-hydrogen) atoms. The fourth-order valence-electron chi connectivity index (χ4n) is 2.64. The third-order valence-corrected chi connectivity index (χ3v) is 4.16. The van der Waals surface area contributed by atoms with Crippen molar-refractivity contribution in [2.75, 3.05) is 25.5 Å². The van der Waals surface area contributed by atoms with Crippen molar-refractivity contribution < 1.29 is 4.79 Å². The lowest BCUT2D eigenvalue weighted by Gasteiger charge is -2.12. The molecule has 0 aliphatic carbocycles. The lowest BCUT2D eigenvalue weighted by molar-refractivity contribution is 0.0950. The van der Waals surface area contributed by atoms with Gasteiger partial charge in [0.1, 0.15) is 0 Å². The van der Waals surface area contributed by atoms with Crippen molar-refractivity contribution in [2.24, 2.45) is 0 Å². The summed E-state index contributed by atoms with van der Waals surface area (Å²) in [4.78, 5) is 34.7. The molecule has 1 amide bonds. The zero-order valence-electron chi connectivity index (χ0n) is 16.1. The molecule has 0 saturated carbocycles. The van der Waals surface area contributed by atoms with Crippen molar-refractivity contribution in [1.82, 2.24) is 25.1 Å². The van der Waals surface area contributed by atoms with Crippen LogP contribution in [-0.2, 0) is 6.54 Å². The van der Waals surface area contributed by atoms with E-state index in [4.69, 9.17) is 0 Å². The maximum absolute atomic E-state index is 12.4. The molecule has 8 heteroatoms. The molecule has 0 unspecified atom stereocenters. The smallest absolute Gasteiger partial charge is 0.266 e. The largest absolute Gasteiger partial charge is 0.350 e. The highest BCUT2D eigenvalue weighted by molar-refractivity contribution is 5.94. The molecule has 8 nitrogen and oxygen atoms in total. The van der Waals surface area contributed by atoms with Gasteiger partial charge in [-0.15, -0.1) is 0 Å². The van der Waals surface area contributed by atoms with E-state index >= 15 is 0 Å². The summed E-state index contributed by atoms with van der Waals surface area (Å²) >= 11 is 0. The Balaban J connectivity index is 1.67. The molecule has 3 rings (SSSR count). The Morgan fingerprint density at radius 1 is 1.14 bits per heavy atom. The van der Waals surface area contributed by atoms with Gasteiger partial charge in [0.15, 0.2) is 0 Å². The number of nitrogens with one attached hydrogen (secondary N) is 1. The first kappa shape index (κ1) is 19.2. The van der Waals surface area contributed by atoms with Crippen LogP contribution in [-0.4, -0.2) is 46.3 Å². The van der Waals surface area contributed by atoms with Crippen molar-refractivity contribution in [3.8, 4) is 11.3 Å². The number of aromatic nitrogens is 4. The zero-order valence-corrected chi connectivity index (χ0v) is 16.1. The molecule has 0 saturated heterocycles. The van der Waals surface area contributed by atoms with Crippen molar-refractivity contribution in [1.29, 1.82) is 0 Å². The first-order chi connectivity index (χ1) is 13.5. The molecular formula is C20H22N6O2. The van der Waals surface area contributed by atoms with Crippen LogP contribution in [0.1, 0.15) is 16.1 Å². The molecule has 2 heterocycles. The minimum atomic E-state index is -0.282. The van der Waals surface area contributed by atoms with E-state index in [0.29, 0.717) is 22.9 Å². The first-order valence-electron chi connectivity index (χ1n) is 8.88. The molecule has 0 bridgehead atoms. The van der Waals surface area contributed by atoms with Crippen molar-refractivity contribution in [3.63, 3.8) is 0 Å². The van der Waals surface area contributed by atoms with Crippen LogP contribution in [0.4, 0.5) is 5.95 Å². The number of carbonyl (C=O) groups is 1. The van der Waals surface area contributed by atoms with Gasteiger partial charge in [0, 0.05) is 38.5 Å². The monoisotopic (exact) mass is 378 g/mol. The summed E-state index contributed by atoms with van der Waals surface area (Å²) in [5.41, 5.74) is 2.41. The number of benzene rings is 1. The van der Waals surface area contributed by atoms with Gasteiger partial charge >= 0.3 is 0 Å². The summed E-state index contributed by atoms with van der Waals surface area (Å²) in [6.45, 7) is 2.29. The molecule has 0 atom stereocenters. The lowest BCUT2D eigenvalue weighted by Crippen LogP contribution is -2.32. The number of nitrogens with zero attached hydrogens (tertiary/aromatic N) is 5. The molecule has 0 radical (unpaired) electrons. The molecule has 0 aliphatic heterocycles. The Bertz CT molecular complexity index is 1030. The van der Waals surface area contributed by atoms with Gasteiger partial charge in [0.25, 0.3) is 11.5 Å². The maximum atomic E-state index is 12.4. The number of hydrogen-bond donors (Lipinski definition) is 1. The fourth-order valence-corrected chi connectivity index (χ4v) is 2.64. The van der Waals surface area contributed by atoms with Gasteiger partial charge in [-0.25, -0.2) is 14.6 Å². The van der Waals surface area contributed by atoms with Gasteiger partial charge < -0.3 is 10.2 Å². The third-order valence-electron chi connectivity index (χ3n) is 4.16. The highest BCUT2D eigenvalue weighted by Crippen LogP contribution is 2.14. The summed E-state index contributed by atoms with van der Waals surface area (Å²) in [7, 11) is 3.67. The summed E-state index contributed by atoms with van der Waals surface area (Å²) in [5, 5.41) is 7.17. The zero-order chi connectivity index (χ0) is 20.1. The molecule has 0 aliphatic rings. The first-order valence-corrected chi connectivity index (χ1v) is 8.88. The number of anilines is 1. The van der Waals surface area contributed by atoms with Gasteiger partial charge in [0.2, 0.25) is 5.95 Å². The Kier molecular flexibility index (Phi) is 5.78. The minimum Gasteiger partial charge on any atom is -0.350 e. The number of aryl methyl sites for hydroxylation is 1. The van der Waals surface area contributed by atoms with Crippen LogP contribution < -0.4 is 15.8 Å². The summed E-state index contributed by atoms with van der Waals surface area (Å²) in [6.07, 6.45) is 1.51. The highest BCUT2D eigenvalue weighted by atomic mass is 16.2. The number of carbonyl (C=O) groups excluding carboxylic acids is 1.